The molecule has 1 aromatic carbocycles. The van der Waals surface area contributed by atoms with Gasteiger partial charge in [0.2, 0.25) is 0 Å². The molecule has 3 aromatic heterocycles. The topological polar surface area (TPSA) is 74.1 Å². The number of oxazole rings is 1. The number of hydrogen-bond acceptors (Lipinski definition) is 6. The van der Waals surface area contributed by atoms with E-state index >= 15 is 0 Å². The number of benzene rings is 1. The van der Waals surface area contributed by atoms with E-state index in [1.54, 1.807) is 29.5 Å². The summed E-state index contributed by atoms with van der Waals surface area (Å²) in [5.74, 6) is 0.347. The smallest absolute Gasteiger partial charge is 0.408 e. The van der Waals surface area contributed by atoms with Crippen LogP contribution in [0.25, 0.3) is 22.6 Å². The summed E-state index contributed by atoms with van der Waals surface area (Å²) < 4.78 is 11.8. The van der Waals surface area contributed by atoms with Crippen molar-refractivity contribution in [3.05, 3.63) is 56.4 Å². The van der Waals surface area contributed by atoms with E-state index in [1.165, 1.54) is 4.57 Å². The fourth-order valence-corrected chi connectivity index (χ4v) is 2.94. The number of rotatable bonds is 3. The van der Waals surface area contributed by atoms with Crippen molar-refractivity contribution in [1.29, 1.82) is 0 Å². The lowest BCUT2D eigenvalue weighted by Crippen LogP contribution is -2.15. The van der Waals surface area contributed by atoms with Crippen LogP contribution < -0.4 is 5.76 Å². The first kappa shape index (κ1) is 13.3. The Labute approximate surface area is 132 Å². The molecule has 0 aliphatic heterocycles. The molecule has 0 bridgehead atoms. The molecule has 110 valence electrons. The van der Waals surface area contributed by atoms with Crippen LogP contribution in [0.2, 0.25) is 5.02 Å². The van der Waals surface area contributed by atoms with Crippen molar-refractivity contribution in [1.82, 2.24) is 14.7 Å². The van der Waals surface area contributed by atoms with Gasteiger partial charge in [-0.25, -0.2) is 4.79 Å². The zero-order valence-electron chi connectivity index (χ0n) is 11.0. The minimum Gasteiger partial charge on any atom is -0.408 e. The monoisotopic (exact) mass is 333 g/mol. The number of aromatic nitrogens is 3. The highest BCUT2D eigenvalue weighted by atomic mass is 35.5. The Balaban J connectivity index is 1.72. The molecule has 3 heterocycles. The maximum Gasteiger partial charge on any atom is 0.420 e. The van der Waals surface area contributed by atoms with Crippen LogP contribution in [0.4, 0.5) is 0 Å². The Morgan fingerprint density at radius 2 is 2.23 bits per heavy atom. The van der Waals surface area contributed by atoms with E-state index in [0.717, 1.165) is 5.56 Å². The van der Waals surface area contributed by atoms with Crippen LogP contribution in [-0.4, -0.2) is 14.7 Å². The molecular formula is C14H8ClN3O3S. The Bertz CT molecular complexity index is 1000. The lowest BCUT2D eigenvalue weighted by atomic mass is 10.3. The van der Waals surface area contributed by atoms with Crippen LogP contribution >= 0.6 is 22.9 Å². The third-order valence-electron chi connectivity index (χ3n) is 3.17. The second kappa shape index (κ2) is 5.11. The van der Waals surface area contributed by atoms with Crippen LogP contribution in [-0.2, 0) is 6.54 Å². The first-order valence-electron chi connectivity index (χ1n) is 6.35. The molecular weight excluding hydrogens is 326 g/mol. The highest BCUT2D eigenvalue weighted by Crippen LogP contribution is 2.21. The van der Waals surface area contributed by atoms with E-state index < -0.39 is 5.76 Å². The van der Waals surface area contributed by atoms with Crippen molar-refractivity contribution in [3.63, 3.8) is 0 Å². The largest absolute Gasteiger partial charge is 0.420 e. The van der Waals surface area contributed by atoms with Gasteiger partial charge in [0.1, 0.15) is 0 Å². The molecule has 0 saturated carbocycles. The number of halogens is 1. The van der Waals surface area contributed by atoms with Gasteiger partial charge in [-0.1, -0.05) is 16.8 Å². The van der Waals surface area contributed by atoms with Gasteiger partial charge in [0.15, 0.2) is 11.4 Å². The van der Waals surface area contributed by atoms with Gasteiger partial charge >= 0.3 is 5.76 Å². The Kier molecular flexibility index (Phi) is 3.09. The van der Waals surface area contributed by atoms with Crippen molar-refractivity contribution < 1.29 is 8.94 Å². The molecule has 4 rings (SSSR count). The lowest BCUT2D eigenvalue weighted by molar-refractivity contribution is 0.418. The molecule has 0 atom stereocenters. The average molecular weight is 334 g/mol. The normalized spacial score (nSPS) is 11.3. The standard InChI is InChI=1S/C14H8ClN3O3S/c15-9-1-2-10-11(5-9)20-14(19)18(10)6-12-16-13(21-17-12)8-3-4-22-7-8/h1-5,7H,6H2. The molecule has 22 heavy (non-hydrogen) atoms. The maximum atomic E-state index is 12.0. The highest BCUT2D eigenvalue weighted by molar-refractivity contribution is 7.08. The van der Waals surface area contributed by atoms with Crippen molar-refractivity contribution in [3.8, 4) is 11.5 Å². The third kappa shape index (κ3) is 2.24. The molecule has 0 saturated heterocycles. The Hall–Kier alpha value is -2.38. The average Bonchev–Trinajstić information content (AvgIpc) is 3.20. The predicted octanol–water partition coefficient (Wildman–Crippen LogP) is 3.41. The fraction of sp³-hybridized carbons (Fsp3) is 0.0714. The fourth-order valence-electron chi connectivity index (χ4n) is 2.15. The van der Waals surface area contributed by atoms with E-state index in [1.807, 2.05) is 16.8 Å². The molecule has 8 heteroatoms. The zero-order chi connectivity index (χ0) is 15.1. The number of hydrogen-bond donors (Lipinski definition) is 0. The molecule has 0 aliphatic carbocycles. The summed E-state index contributed by atoms with van der Waals surface area (Å²) >= 11 is 7.44. The van der Waals surface area contributed by atoms with E-state index in [4.69, 9.17) is 20.5 Å². The molecule has 0 spiro atoms. The number of thiophene rings is 1. The van der Waals surface area contributed by atoms with Crippen LogP contribution in [0.1, 0.15) is 5.82 Å². The number of nitrogens with zero attached hydrogens (tertiary/aromatic N) is 3. The maximum absolute atomic E-state index is 12.0. The van der Waals surface area contributed by atoms with Crippen molar-refractivity contribution >= 4 is 34.0 Å². The van der Waals surface area contributed by atoms with Crippen molar-refractivity contribution in [2.24, 2.45) is 0 Å². The second-order valence-corrected chi connectivity index (χ2v) is 5.81. The molecule has 6 nitrogen and oxygen atoms in total. The van der Waals surface area contributed by atoms with Gasteiger partial charge in [0, 0.05) is 16.5 Å². The first-order chi connectivity index (χ1) is 10.7. The summed E-state index contributed by atoms with van der Waals surface area (Å²) in [6.07, 6.45) is 0. The summed E-state index contributed by atoms with van der Waals surface area (Å²) in [5.41, 5.74) is 1.93. The highest BCUT2D eigenvalue weighted by Gasteiger charge is 2.14. The van der Waals surface area contributed by atoms with Gasteiger partial charge in [-0.15, -0.1) is 0 Å². The molecule has 0 fully saturated rings. The van der Waals surface area contributed by atoms with Gasteiger partial charge in [-0.2, -0.15) is 16.3 Å². The van der Waals surface area contributed by atoms with Crippen LogP contribution in [0.15, 0.2) is 48.8 Å². The minimum absolute atomic E-state index is 0.168. The second-order valence-electron chi connectivity index (χ2n) is 4.59. The first-order valence-corrected chi connectivity index (χ1v) is 7.67. The van der Waals surface area contributed by atoms with Crippen molar-refractivity contribution in [2.45, 2.75) is 6.54 Å². The van der Waals surface area contributed by atoms with Crippen molar-refractivity contribution in [2.75, 3.05) is 0 Å². The summed E-state index contributed by atoms with van der Waals surface area (Å²) in [5, 5.41) is 8.25. The predicted molar refractivity (Wildman–Crippen MR) is 82.2 cm³/mol. The SMILES string of the molecule is O=c1oc2cc(Cl)ccc2n1Cc1noc(-c2ccsc2)n1. The van der Waals surface area contributed by atoms with Gasteiger partial charge in [-0.05, 0) is 23.6 Å². The summed E-state index contributed by atoms with van der Waals surface area (Å²) in [7, 11) is 0. The number of fused-ring (bicyclic) bond motifs is 1. The molecule has 0 aliphatic rings. The van der Waals surface area contributed by atoms with Gasteiger partial charge in [0.25, 0.3) is 5.89 Å². The quantitative estimate of drug-likeness (QED) is 0.574. The van der Waals surface area contributed by atoms with E-state index in [9.17, 15) is 4.79 Å². The molecule has 0 N–H and O–H groups in total. The minimum atomic E-state index is -0.487. The van der Waals surface area contributed by atoms with Crippen LogP contribution in [0.5, 0.6) is 0 Å². The van der Waals surface area contributed by atoms with Crippen LogP contribution in [0, 0.1) is 0 Å². The van der Waals surface area contributed by atoms with Gasteiger partial charge in [0.05, 0.1) is 17.6 Å². The van der Waals surface area contributed by atoms with E-state index in [-0.39, 0.29) is 6.54 Å². The Morgan fingerprint density at radius 3 is 3.05 bits per heavy atom. The molecule has 4 aromatic rings. The van der Waals surface area contributed by atoms with E-state index in [2.05, 4.69) is 10.1 Å². The summed E-state index contributed by atoms with van der Waals surface area (Å²) in [6.45, 7) is 0.168. The summed E-state index contributed by atoms with van der Waals surface area (Å²) in [4.78, 5) is 16.3. The molecule has 0 radical (unpaired) electrons. The summed E-state index contributed by atoms with van der Waals surface area (Å²) in [6, 6.07) is 6.91. The van der Waals surface area contributed by atoms with Gasteiger partial charge < -0.3 is 8.94 Å². The molecule has 0 unspecified atom stereocenters. The third-order valence-corrected chi connectivity index (χ3v) is 4.08. The van der Waals surface area contributed by atoms with Gasteiger partial charge in [-0.3, -0.25) is 4.57 Å². The lowest BCUT2D eigenvalue weighted by Gasteiger charge is -1.97. The van der Waals surface area contributed by atoms with Crippen LogP contribution in [0.3, 0.4) is 0 Å². The Morgan fingerprint density at radius 1 is 1.32 bits per heavy atom. The zero-order valence-corrected chi connectivity index (χ0v) is 12.6. The molecule has 0 amide bonds. The van der Waals surface area contributed by atoms with E-state index in [0.29, 0.717) is 27.8 Å².